The van der Waals surface area contributed by atoms with Gasteiger partial charge in [0.2, 0.25) is 0 Å². The van der Waals surface area contributed by atoms with Gasteiger partial charge in [0.15, 0.2) is 5.82 Å². The number of carboxylic acid groups (broad SMARTS) is 1. The lowest BCUT2D eigenvalue weighted by Gasteiger charge is -2.15. The van der Waals surface area contributed by atoms with Gasteiger partial charge in [0.05, 0.1) is 17.1 Å². The lowest BCUT2D eigenvalue weighted by molar-refractivity contribution is -0.136. The average Bonchev–Trinajstić information content (AvgIpc) is 2.48. The third-order valence-corrected chi connectivity index (χ3v) is 3.78. The quantitative estimate of drug-likeness (QED) is 0.837. The molecule has 3 nitrogen and oxygen atoms in total. The minimum absolute atomic E-state index is 0.138. The predicted octanol–water partition coefficient (Wildman–Crippen LogP) is 4.72. The van der Waals surface area contributed by atoms with E-state index in [1.54, 1.807) is 25.1 Å². The first-order chi connectivity index (χ1) is 10.4. The maximum atomic E-state index is 14.2. The van der Waals surface area contributed by atoms with E-state index in [-0.39, 0.29) is 17.1 Å². The SMILES string of the molecule is CCc1ccc(Nc2c(Cl)ccc(C)c2F)c(CC(=O)O)c1. The van der Waals surface area contributed by atoms with Gasteiger partial charge in [-0.1, -0.05) is 36.7 Å². The number of aryl methyl sites for hydroxylation is 2. The molecular weight excluding hydrogens is 305 g/mol. The summed E-state index contributed by atoms with van der Waals surface area (Å²) < 4.78 is 14.2. The van der Waals surface area contributed by atoms with Crippen LogP contribution in [0.2, 0.25) is 5.02 Å². The zero-order valence-electron chi connectivity index (χ0n) is 12.4. The van der Waals surface area contributed by atoms with Crippen LogP contribution in [0.4, 0.5) is 15.8 Å². The first kappa shape index (κ1) is 16.3. The summed E-state index contributed by atoms with van der Waals surface area (Å²) in [6.45, 7) is 3.64. The second-order valence-corrected chi connectivity index (χ2v) is 5.50. The highest BCUT2D eigenvalue weighted by atomic mass is 35.5. The van der Waals surface area contributed by atoms with Crippen molar-refractivity contribution in [2.75, 3.05) is 5.32 Å². The Hall–Kier alpha value is -2.07. The van der Waals surface area contributed by atoms with Crippen LogP contribution < -0.4 is 5.32 Å². The topological polar surface area (TPSA) is 49.3 Å². The van der Waals surface area contributed by atoms with Gasteiger partial charge >= 0.3 is 5.97 Å². The Bertz CT molecular complexity index is 716. The molecule has 0 aromatic heterocycles. The number of nitrogens with one attached hydrogen (secondary N) is 1. The highest BCUT2D eigenvalue weighted by Gasteiger charge is 2.14. The van der Waals surface area contributed by atoms with Crippen molar-refractivity contribution in [3.8, 4) is 0 Å². The van der Waals surface area contributed by atoms with Crippen LogP contribution in [0.1, 0.15) is 23.6 Å². The van der Waals surface area contributed by atoms with Gasteiger partial charge in [0.25, 0.3) is 0 Å². The van der Waals surface area contributed by atoms with Gasteiger partial charge in [-0.05, 0) is 42.2 Å². The third kappa shape index (κ3) is 3.57. The monoisotopic (exact) mass is 321 g/mol. The van der Waals surface area contributed by atoms with Gasteiger partial charge < -0.3 is 10.4 Å². The Morgan fingerprint density at radius 1 is 1.32 bits per heavy atom. The van der Waals surface area contributed by atoms with E-state index < -0.39 is 11.8 Å². The van der Waals surface area contributed by atoms with Gasteiger partial charge in [-0.2, -0.15) is 0 Å². The van der Waals surface area contributed by atoms with Crippen molar-refractivity contribution in [2.24, 2.45) is 0 Å². The number of carbonyl (C=O) groups is 1. The molecular formula is C17H17ClFNO2. The van der Waals surface area contributed by atoms with Gasteiger partial charge in [0.1, 0.15) is 0 Å². The zero-order valence-corrected chi connectivity index (χ0v) is 13.2. The fraction of sp³-hybridized carbons (Fsp3) is 0.235. The highest BCUT2D eigenvalue weighted by molar-refractivity contribution is 6.33. The molecule has 2 aromatic rings. The van der Waals surface area contributed by atoms with Gasteiger partial charge in [-0.3, -0.25) is 4.79 Å². The van der Waals surface area contributed by atoms with Crippen molar-refractivity contribution >= 4 is 28.9 Å². The van der Waals surface area contributed by atoms with Crippen LogP contribution in [-0.2, 0) is 17.6 Å². The first-order valence-electron chi connectivity index (χ1n) is 6.97. The number of halogens is 2. The van der Waals surface area contributed by atoms with E-state index in [9.17, 15) is 9.18 Å². The second-order valence-electron chi connectivity index (χ2n) is 5.09. The summed E-state index contributed by atoms with van der Waals surface area (Å²) >= 11 is 6.05. The molecule has 0 heterocycles. The lowest BCUT2D eigenvalue weighted by Crippen LogP contribution is -2.06. The van der Waals surface area contributed by atoms with E-state index in [2.05, 4.69) is 5.32 Å². The van der Waals surface area contributed by atoms with E-state index in [1.165, 1.54) is 0 Å². The van der Waals surface area contributed by atoms with E-state index in [0.29, 0.717) is 16.8 Å². The molecule has 0 aliphatic heterocycles. The second kappa shape index (κ2) is 6.79. The molecule has 0 bridgehead atoms. The minimum atomic E-state index is -0.938. The van der Waals surface area contributed by atoms with Crippen LogP contribution in [-0.4, -0.2) is 11.1 Å². The molecule has 2 rings (SSSR count). The Balaban J connectivity index is 2.45. The summed E-state index contributed by atoms with van der Waals surface area (Å²) in [6.07, 6.45) is 0.660. The van der Waals surface area contributed by atoms with Crippen LogP contribution >= 0.6 is 11.6 Å². The smallest absolute Gasteiger partial charge is 0.307 e. The fourth-order valence-corrected chi connectivity index (χ4v) is 2.40. The molecule has 0 amide bonds. The Kier molecular flexibility index (Phi) is 5.03. The zero-order chi connectivity index (χ0) is 16.3. The summed E-state index contributed by atoms with van der Waals surface area (Å²) in [7, 11) is 0. The van der Waals surface area contributed by atoms with Crippen LogP contribution in [0.3, 0.4) is 0 Å². The maximum Gasteiger partial charge on any atom is 0.307 e. The molecule has 5 heteroatoms. The van der Waals surface area contributed by atoms with Crippen molar-refractivity contribution in [3.63, 3.8) is 0 Å². The Labute approximate surface area is 133 Å². The molecule has 0 aliphatic carbocycles. The lowest BCUT2D eigenvalue weighted by atomic mass is 10.0. The van der Waals surface area contributed by atoms with Crippen LogP contribution in [0, 0.1) is 12.7 Å². The molecule has 0 radical (unpaired) electrons. The third-order valence-electron chi connectivity index (χ3n) is 3.46. The molecule has 0 unspecified atom stereocenters. The molecule has 2 aromatic carbocycles. The molecule has 0 atom stereocenters. The fourth-order valence-electron chi connectivity index (χ4n) is 2.20. The summed E-state index contributed by atoms with van der Waals surface area (Å²) in [6, 6.07) is 8.67. The van der Waals surface area contributed by atoms with E-state index in [4.69, 9.17) is 16.7 Å². The van der Waals surface area contributed by atoms with Crippen molar-refractivity contribution < 1.29 is 14.3 Å². The summed E-state index contributed by atoms with van der Waals surface area (Å²) in [5, 5.41) is 12.2. The van der Waals surface area contributed by atoms with Gasteiger partial charge in [-0.15, -0.1) is 0 Å². The van der Waals surface area contributed by atoms with Gasteiger partial charge in [-0.25, -0.2) is 4.39 Å². The van der Waals surface area contributed by atoms with Crippen molar-refractivity contribution in [1.29, 1.82) is 0 Å². The number of aliphatic carboxylic acids is 1. The number of hydrogen-bond donors (Lipinski definition) is 2. The van der Waals surface area contributed by atoms with E-state index >= 15 is 0 Å². The van der Waals surface area contributed by atoms with Crippen LogP contribution in [0.15, 0.2) is 30.3 Å². The largest absolute Gasteiger partial charge is 0.481 e. The van der Waals surface area contributed by atoms with Crippen LogP contribution in [0.5, 0.6) is 0 Å². The molecule has 0 saturated heterocycles. The van der Waals surface area contributed by atoms with Crippen molar-refractivity contribution in [3.05, 3.63) is 57.9 Å². The molecule has 0 aliphatic rings. The first-order valence-corrected chi connectivity index (χ1v) is 7.35. The number of hydrogen-bond acceptors (Lipinski definition) is 2. The number of benzene rings is 2. The molecule has 2 N–H and O–H groups in total. The van der Waals surface area contributed by atoms with Crippen molar-refractivity contribution in [2.45, 2.75) is 26.7 Å². The van der Waals surface area contributed by atoms with Gasteiger partial charge in [0, 0.05) is 5.69 Å². The highest BCUT2D eigenvalue weighted by Crippen LogP contribution is 2.32. The van der Waals surface area contributed by atoms with Crippen molar-refractivity contribution in [1.82, 2.24) is 0 Å². The Morgan fingerprint density at radius 3 is 2.68 bits per heavy atom. The van der Waals surface area contributed by atoms with E-state index in [1.807, 2.05) is 19.1 Å². The summed E-state index contributed by atoms with van der Waals surface area (Å²) in [5.41, 5.74) is 2.81. The minimum Gasteiger partial charge on any atom is -0.481 e. The average molecular weight is 322 g/mol. The summed E-state index contributed by atoms with van der Waals surface area (Å²) in [5.74, 6) is -1.37. The maximum absolute atomic E-state index is 14.2. The number of anilines is 2. The summed E-state index contributed by atoms with van der Waals surface area (Å²) in [4.78, 5) is 11.0. The number of carboxylic acids is 1. The van der Waals surface area contributed by atoms with Crippen LogP contribution in [0.25, 0.3) is 0 Å². The van der Waals surface area contributed by atoms with E-state index in [0.717, 1.165) is 12.0 Å². The Morgan fingerprint density at radius 2 is 2.05 bits per heavy atom. The molecule has 116 valence electrons. The molecule has 0 fully saturated rings. The number of rotatable bonds is 5. The molecule has 0 spiro atoms. The molecule has 22 heavy (non-hydrogen) atoms. The standard InChI is InChI=1S/C17H17ClFNO2/c1-3-11-5-7-14(12(8-11)9-15(21)22)20-17-13(18)6-4-10(2)16(17)19/h4-8,20H,3,9H2,1-2H3,(H,21,22). The predicted molar refractivity (Wildman–Crippen MR) is 86.6 cm³/mol. The normalized spacial score (nSPS) is 10.5. The molecule has 0 saturated carbocycles.